The van der Waals surface area contributed by atoms with E-state index in [2.05, 4.69) is 4.74 Å². The number of rotatable bonds is 4. The van der Waals surface area contributed by atoms with Crippen LogP contribution in [0.3, 0.4) is 0 Å². The summed E-state index contributed by atoms with van der Waals surface area (Å²) in [4.78, 5) is 9.96. The van der Waals surface area contributed by atoms with Crippen molar-refractivity contribution in [2.24, 2.45) is 0 Å². The third-order valence-electron chi connectivity index (χ3n) is 1.79. The largest absolute Gasteiger partial charge is 0.497 e. The van der Waals surface area contributed by atoms with Gasteiger partial charge in [0.05, 0.1) is 7.11 Å². The average molecular weight is 179 g/mol. The molecule has 1 aromatic rings. The number of benzene rings is 1. The molecule has 0 saturated heterocycles. The van der Waals surface area contributed by atoms with Gasteiger partial charge in [0.1, 0.15) is 11.9 Å². The highest BCUT2D eigenvalue weighted by molar-refractivity contribution is 5.40. The Morgan fingerprint density at radius 1 is 1.46 bits per heavy atom. The Labute approximate surface area is 77.3 Å². The second-order valence-electron chi connectivity index (χ2n) is 2.62. The van der Waals surface area contributed by atoms with E-state index in [1.807, 2.05) is 24.3 Å². The van der Waals surface area contributed by atoms with E-state index in [1.54, 1.807) is 14.0 Å². The molecule has 0 amide bonds. The van der Waals surface area contributed by atoms with Crippen LogP contribution in [0.5, 0.6) is 5.75 Å². The number of methoxy groups -OCH3 is 1. The number of ether oxygens (including phenoxy) is 2. The van der Waals surface area contributed by atoms with E-state index in [1.165, 1.54) is 6.47 Å². The van der Waals surface area contributed by atoms with Crippen molar-refractivity contribution in [1.82, 2.24) is 0 Å². The maximum Gasteiger partial charge on any atom is 0.418 e. The first kappa shape index (κ1) is 9.58. The SMILES string of the molecule is COc1cccc(C(C)O[C]=O)c1. The molecule has 0 heterocycles. The van der Waals surface area contributed by atoms with Crippen molar-refractivity contribution in [2.75, 3.05) is 7.11 Å². The summed E-state index contributed by atoms with van der Waals surface area (Å²) in [5.41, 5.74) is 0.891. The van der Waals surface area contributed by atoms with Gasteiger partial charge in [0.15, 0.2) is 0 Å². The predicted octanol–water partition coefficient (Wildman–Crippen LogP) is 1.84. The maximum absolute atomic E-state index is 9.96. The minimum atomic E-state index is -0.285. The van der Waals surface area contributed by atoms with E-state index in [-0.39, 0.29) is 6.10 Å². The molecule has 13 heavy (non-hydrogen) atoms. The quantitative estimate of drug-likeness (QED) is 0.707. The molecular formula is C10H11O3. The van der Waals surface area contributed by atoms with Crippen molar-refractivity contribution in [2.45, 2.75) is 13.0 Å². The van der Waals surface area contributed by atoms with Crippen LogP contribution in [-0.2, 0) is 9.53 Å². The maximum atomic E-state index is 9.96. The Balaban J connectivity index is 2.81. The van der Waals surface area contributed by atoms with Crippen LogP contribution in [0.15, 0.2) is 24.3 Å². The van der Waals surface area contributed by atoms with Crippen molar-refractivity contribution < 1.29 is 14.3 Å². The smallest absolute Gasteiger partial charge is 0.418 e. The first-order valence-electron chi connectivity index (χ1n) is 3.94. The van der Waals surface area contributed by atoms with Gasteiger partial charge in [0.2, 0.25) is 0 Å². The second kappa shape index (κ2) is 4.50. The molecule has 0 bridgehead atoms. The van der Waals surface area contributed by atoms with Crippen LogP contribution in [0, 0.1) is 0 Å². The molecule has 0 aromatic heterocycles. The zero-order valence-electron chi connectivity index (χ0n) is 7.61. The number of carbonyl (C=O) groups excluding carboxylic acids is 1. The van der Waals surface area contributed by atoms with Gasteiger partial charge in [-0.25, -0.2) is 4.79 Å². The standard InChI is InChI=1S/C10H11O3/c1-8(13-7-11)9-4-3-5-10(6-9)12-2/h3-6,8H,1-2H3. The summed E-state index contributed by atoms with van der Waals surface area (Å²) in [5.74, 6) is 0.749. The first-order valence-corrected chi connectivity index (χ1v) is 3.94. The van der Waals surface area contributed by atoms with Crippen molar-refractivity contribution in [1.29, 1.82) is 0 Å². The molecule has 0 N–H and O–H groups in total. The average Bonchev–Trinajstić information content (AvgIpc) is 2.18. The minimum absolute atomic E-state index is 0.285. The van der Waals surface area contributed by atoms with E-state index < -0.39 is 0 Å². The van der Waals surface area contributed by atoms with Gasteiger partial charge >= 0.3 is 6.47 Å². The van der Waals surface area contributed by atoms with Crippen LogP contribution in [0.4, 0.5) is 0 Å². The van der Waals surface area contributed by atoms with Crippen LogP contribution in [0.1, 0.15) is 18.6 Å². The van der Waals surface area contributed by atoms with Gasteiger partial charge in [-0.15, -0.1) is 0 Å². The molecule has 3 nitrogen and oxygen atoms in total. The third kappa shape index (κ3) is 2.47. The van der Waals surface area contributed by atoms with Gasteiger partial charge < -0.3 is 9.47 Å². The van der Waals surface area contributed by atoms with Gasteiger partial charge in [-0.05, 0) is 24.6 Å². The Bertz CT molecular complexity index is 283. The molecule has 3 heteroatoms. The van der Waals surface area contributed by atoms with Gasteiger partial charge in [-0.1, -0.05) is 12.1 Å². The highest BCUT2D eigenvalue weighted by atomic mass is 16.5. The van der Waals surface area contributed by atoms with Crippen molar-refractivity contribution in [3.05, 3.63) is 29.8 Å². The summed E-state index contributed by atoms with van der Waals surface area (Å²) in [6.07, 6.45) is -0.285. The Hall–Kier alpha value is -1.51. The van der Waals surface area contributed by atoms with Crippen molar-refractivity contribution >= 4 is 6.47 Å². The lowest BCUT2D eigenvalue weighted by Crippen LogP contribution is -1.98. The summed E-state index contributed by atoms with van der Waals surface area (Å²) in [6.45, 7) is 3.19. The van der Waals surface area contributed by atoms with Crippen molar-refractivity contribution in [3.63, 3.8) is 0 Å². The number of hydrogen-bond donors (Lipinski definition) is 0. The molecule has 0 spiro atoms. The normalized spacial score (nSPS) is 11.8. The van der Waals surface area contributed by atoms with E-state index in [9.17, 15) is 4.79 Å². The highest BCUT2D eigenvalue weighted by Crippen LogP contribution is 2.20. The molecule has 1 unspecified atom stereocenters. The topological polar surface area (TPSA) is 35.5 Å². The molecule has 1 aromatic carbocycles. The van der Waals surface area contributed by atoms with Crippen LogP contribution >= 0.6 is 0 Å². The molecule has 0 fully saturated rings. The summed E-state index contributed by atoms with van der Waals surface area (Å²) >= 11 is 0. The number of hydrogen-bond acceptors (Lipinski definition) is 3. The zero-order chi connectivity index (χ0) is 9.68. The van der Waals surface area contributed by atoms with Gasteiger partial charge in [-0.2, -0.15) is 0 Å². The lowest BCUT2D eigenvalue weighted by atomic mass is 10.1. The summed E-state index contributed by atoms with van der Waals surface area (Å²) < 4.78 is 9.70. The fourth-order valence-electron chi connectivity index (χ4n) is 1.03. The van der Waals surface area contributed by atoms with Gasteiger partial charge in [0.25, 0.3) is 0 Å². The Morgan fingerprint density at radius 2 is 2.23 bits per heavy atom. The molecule has 0 aliphatic heterocycles. The third-order valence-corrected chi connectivity index (χ3v) is 1.79. The first-order chi connectivity index (χ1) is 6.27. The van der Waals surface area contributed by atoms with Crippen molar-refractivity contribution in [3.8, 4) is 5.75 Å². The van der Waals surface area contributed by atoms with E-state index in [4.69, 9.17) is 4.74 Å². The zero-order valence-corrected chi connectivity index (χ0v) is 7.61. The van der Waals surface area contributed by atoms with E-state index >= 15 is 0 Å². The Kier molecular flexibility index (Phi) is 3.31. The molecular weight excluding hydrogens is 168 g/mol. The fraction of sp³-hybridized carbons (Fsp3) is 0.300. The fourth-order valence-corrected chi connectivity index (χ4v) is 1.03. The van der Waals surface area contributed by atoms with Crippen LogP contribution in [-0.4, -0.2) is 13.6 Å². The van der Waals surface area contributed by atoms with Gasteiger partial charge in [0, 0.05) is 0 Å². The lowest BCUT2D eigenvalue weighted by Gasteiger charge is -2.09. The molecule has 1 radical (unpaired) electrons. The molecule has 1 atom stereocenters. The van der Waals surface area contributed by atoms with Crippen LogP contribution < -0.4 is 4.74 Å². The molecule has 0 aliphatic carbocycles. The summed E-state index contributed by atoms with van der Waals surface area (Å²) in [7, 11) is 1.59. The molecule has 69 valence electrons. The van der Waals surface area contributed by atoms with Crippen LogP contribution in [0.25, 0.3) is 0 Å². The van der Waals surface area contributed by atoms with Crippen LogP contribution in [0.2, 0.25) is 0 Å². The lowest BCUT2D eigenvalue weighted by molar-refractivity contribution is 0.197. The highest BCUT2D eigenvalue weighted by Gasteiger charge is 2.06. The Morgan fingerprint density at radius 3 is 2.85 bits per heavy atom. The molecule has 0 aliphatic rings. The molecule has 1 rings (SSSR count). The van der Waals surface area contributed by atoms with E-state index in [0.717, 1.165) is 11.3 Å². The molecule has 0 saturated carbocycles. The minimum Gasteiger partial charge on any atom is -0.497 e. The predicted molar refractivity (Wildman–Crippen MR) is 48.2 cm³/mol. The second-order valence-corrected chi connectivity index (χ2v) is 2.62. The summed E-state index contributed by atoms with van der Waals surface area (Å²) in [5, 5.41) is 0. The monoisotopic (exact) mass is 179 g/mol. The van der Waals surface area contributed by atoms with E-state index in [0.29, 0.717) is 0 Å². The summed E-state index contributed by atoms with van der Waals surface area (Å²) in [6, 6.07) is 7.37. The van der Waals surface area contributed by atoms with Gasteiger partial charge in [-0.3, -0.25) is 0 Å².